The van der Waals surface area contributed by atoms with E-state index in [-0.39, 0.29) is 33.7 Å². The Hall–Kier alpha value is -3.53. The van der Waals surface area contributed by atoms with Gasteiger partial charge in [-0.2, -0.15) is 8.42 Å². The number of phenols is 1. The molecule has 0 saturated heterocycles. The van der Waals surface area contributed by atoms with Gasteiger partial charge in [0.15, 0.2) is 16.2 Å². The normalized spacial score (nSPS) is 11.7. The summed E-state index contributed by atoms with van der Waals surface area (Å²) in [4.78, 5) is -0.613. The van der Waals surface area contributed by atoms with Crippen LogP contribution in [0.1, 0.15) is 5.76 Å². The molecule has 0 unspecified atom stereocenters. The van der Waals surface area contributed by atoms with Crippen molar-refractivity contribution in [3.05, 3.63) is 54.2 Å². The number of phenolic OH excluding ortho intramolecular Hbond substituents is 1. The molecular formula is C19H14FNO7S. The van der Waals surface area contributed by atoms with Crippen LogP contribution in [0.4, 0.5) is 4.39 Å². The van der Waals surface area contributed by atoms with E-state index in [2.05, 4.69) is 5.16 Å². The van der Waals surface area contributed by atoms with Crippen molar-refractivity contribution in [2.45, 2.75) is 11.8 Å². The molecule has 8 nitrogen and oxygen atoms in total. The fourth-order valence-electron chi connectivity index (χ4n) is 2.95. The van der Waals surface area contributed by atoms with Crippen LogP contribution in [0.2, 0.25) is 0 Å². The van der Waals surface area contributed by atoms with E-state index in [0.717, 1.165) is 24.3 Å². The Morgan fingerprint density at radius 2 is 1.90 bits per heavy atom. The van der Waals surface area contributed by atoms with Crippen LogP contribution in [0.3, 0.4) is 0 Å². The summed E-state index contributed by atoms with van der Waals surface area (Å²) >= 11 is 0. The van der Waals surface area contributed by atoms with E-state index >= 15 is 0 Å². The predicted octanol–water partition coefficient (Wildman–Crippen LogP) is 4.02. The third-order valence-electron chi connectivity index (χ3n) is 4.15. The number of rotatable bonds is 5. The number of aromatic nitrogens is 1. The van der Waals surface area contributed by atoms with Crippen LogP contribution in [0.15, 0.2) is 56.5 Å². The minimum Gasteiger partial charge on any atom is -0.505 e. The van der Waals surface area contributed by atoms with E-state index in [4.69, 9.17) is 17.9 Å². The van der Waals surface area contributed by atoms with Crippen molar-refractivity contribution in [3.63, 3.8) is 0 Å². The number of halogens is 1. The maximum Gasteiger partial charge on any atom is 0.346 e. The molecule has 150 valence electrons. The van der Waals surface area contributed by atoms with E-state index in [1.807, 2.05) is 0 Å². The number of aromatic hydroxyl groups is 1. The number of fused-ring (bicyclic) bond motifs is 1. The standard InChI is InChI=1S/C19H14FNO7S/c1-10-9-14(21-27-10)15-16(22)19(18-13(7-8-26-18)17(15)25-2)29(23,24)28-12-5-3-11(20)4-6-12/h3-9,22H,1-2H3. The Morgan fingerprint density at radius 3 is 2.52 bits per heavy atom. The molecule has 0 bridgehead atoms. The molecular weight excluding hydrogens is 405 g/mol. The highest BCUT2D eigenvalue weighted by Crippen LogP contribution is 2.48. The predicted molar refractivity (Wildman–Crippen MR) is 98.9 cm³/mol. The van der Waals surface area contributed by atoms with Crippen molar-refractivity contribution in [2.75, 3.05) is 7.11 Å². The molecule has 0 aliphatic heterocycles. The lowest BCUT2D eigenvalue weighted by Gasteiger charge is -2.14. The van der Waals surface area contributed by atoms with Gasteiger partial charge < -0.3 is 23.0 Å². The second kappa shape index (κ2) is 6.82. The summed E-state index contributed by atoms with van der Waals surface area (Å²) in [5.41, 5.74) is 0.00291. The summed E-state index contributed by atoms with van der Waals surface area (Å²) in [5, 5.41) is 15.0. The van der Waals surface area contributed by atoms with Gasteiger partial charge in [0.1, 0.15) is 28.8 Å². The zero-order chi connectivity index (χ0) is 20.8. The van der Waals surface area contributed by atoms with Crippen molar-refractivity contribution < 1.29 is 35.8 Å². The van der Waals surface area contributed by atoms with E-state index in [9.17, 15) is 17.9 Å². The molecule has 0 radical (unpaired) electrons. The molecule has 0 spiro atoms. The zero-order valence-corrected chi connectivity index (χ0v) is 16.0. The van der Waals surface area contributed by atoms with Crippen LogP contribution in [0, 0.1) is 12.7 Å². The van der Waals surface area contributed by atoms with Crippen molar-refractivity contribution in [3.8, 4) is 28.5 Å². The summed E-state index contributed by atoms with van der Waals surface area (Å²) in [6.07, 6.45) is 1.25. The first-order valence-corrected chi connectivity index (χ1v) is 9.66. The van der Waals surface area contributed by atoms with Crippen LogP contribution in [-0.2, 0) is 10.1 Å². The molecule has 0 aliphatic carbocycles. The van der Waals surface area contributed by atoms with Crippen molar-refractivity contribution in [1.29, 1.82) is 0 Å². The van der Waals surface area contributed by atoms with E-state index in [1.54, 1.807) is 6.92 Å². The van der Waals surface area contributed by atoms with Crippen molar-refractivity contribution in [1.82, 2.24) is 5.16 Å². The number of ether oxygens (including phenoxy) is 1. The van der Waals surface area contributed by atoms with Gasteiger partial charge in [0.25, 0.3) is 0 Å². The monoisotopic (exact) mass is 419 g/mol. The Kier molecular flexibility index (Phi) is 4.42. The third kappa shape index (κ3) is 3.17. The molecule has 2 aromatic heterocycles. The highest BCUT2D eigenvalue weighted by Gasteiger charge is 2.33. The lowest BCUT2D eigenvalue weighted by atomic mass is 10.1. The molecule has 4 aromatic rings. The van der Waals surface area contributed by atoms with Gasteiger partial charge in [0.05, 0.1) is 24.3 Å². The van der Waals surface area contributed by atoms with Crippen LogP contribution in [0.25, 0.3) is 22.2 Å². The molecule has 0 aliphatic rings. The fourth-order valence-corrected chi connectivity index (χ4v) is 4.12. The second-order valence-corrected chi connectivity index (χ2v) is 7.55. The lowest BCUT2D eigenvalue weighted by molar-refractivity contribution is 0.393. The summed E-state index contributed by atoms with van der Waals surface area (Å²) in [6, 6.07) is 7.39. The Labute approximate surface area is 164 Å². The summed E-state index contributed by atoms with van der Waals surface area (Å²) in [5.74, 6) is -0.778. The molecule has 2 aromatic carbocycles. The third-order valence-corrected chi connectivity index (χ3v) is 5.44. The highest BCUT2D eigenvalue weighted by atomic mass is 32.2. The molecule has 10 heteroatoms. The maximum absolute atomic E-state index is 13.1. The number of hydrogen-bond donors (Lipinski definition) is 1. The van der Waals surface area contributed by atoms with Gasteiger partial charge in [-0.15, -0.1) is 0 Å². The van der Waals surface area contributed by atoms with Gasteiger partial charge in [0.2, 0.25) is 0 Å². The topological polar surface area (TPSA) is 112 Å². The molecule has 0 fully saturated rings. The first-order valence-electron chi connectivity index (χ1n) is 8.25. The van der Waals surface area contributed by atoms with Crippen LogP contribution in [-0.4, -0.2) is 25.8 Å². The molecule has 2 heterocycles. The van der Waals surface area contributed by atoms with Crippen LogP contribution < -0.4 is 8.92 Å². The van der Waals surface area contributed by atoms with Gasteiger partial charge in [-0.25, -0.2) is 4.39 Å². The first-order chi connectivity index (χ1) is 13.8. The van der Waals surface area contributed by atoms with Gasteiger partial charge >= 0.3 is 10.1 Å². The Bertz CT molecular complexity index is 1310. The number of aryl methyl sites for hydroxylation is 1. The summed E-state index contributed by atoms with van der Waals surface area (Å²) in [6.45, 7) is 1.64. The van der Waals surface area contributed by atoms with Crippen molar-refractivity contribution in [2.24, 2.45) is 0 Å². The maximum atomic E-state index is 13.1. The molecule has 0 atom stereocenters. The highest BCUT2D eigenvalue weighted by molar-refractivity contribution is 7.87. The smallest absolute Gasteiger partial charge is 0.346 e. The average Bonchev–Trinajstić information content (AvgIpc) is 3.31. The first kappa shape index (κ1) is 18.8. The molecule has 0 amide bonds. The van der Waals surface area contributed by atoms with Crippen LogP contribution >= 0.6 is 0 Å². The minimum absolute atomic E-state index is 0.000434. The molecule has 4 rings (SSSR count). The quantitative estimate of drug-likeness (QED) is 0.483. The largest absolute Gasteiger partial charge is 0.505 e. The summed E-state index contributed by atoms with van der Waals surface area (Å²) < 4.78 is 59.9. The fraction of sp³-hybridized carbons (Fsp3) is 0.105. The SMILES string of the molecule is COc1c(-c2cc(C)on2)c(O)c(S(=O)(=O)Oc2ccc(F)cc2)c2occc12. The van der Waals surface area contributed by atoms with E-state index < -0.39 is 26.6 Å². The summed E-state index contributed by atoms with van der Waals surface area (Å²) in [7, 11) is -3.22. The molecule has 1 N–H and O–H groups in total. The average molecular weight is 419 g/mol. The Morgan fingerprint density at radius 1 is 1.17 bits per heavy atom. The van der Waals surface area contributed by atoms with E-state index in [0.29, 0.717) is 5.76 Å². The number of methoxy groups -OCH3 is 1. The number of nitrogens with zero attached hydrogens (tertiary/aromatic N) is 1. The Balaban J connectivity index is 1.98. The molecule has 29 heavy (non-hydrogen) atoms. The number of furan rings is 1. The lowest BCUT2D eigenvalue weighted by Crippen LogP contribution is -2.11. The van der Waals surface area contributed by atoms with E-state index in [1.165, 1.54) is 25.5 Å². The van der Waals surface area contributed by atoms with Gasteiger partial charge in [-0.1, -0.05) is 5.16 Å². The number of benzene rings is 2. The van der Waals surface area contributed by atoms with Gasteiger partial charge in [0, 0.05) is 6.07 Å². The zero-order valence-electron chi connectivity index (χ0n) is 15.2. The van der Waals surface area contributed by atoms with Crippen LogP contribution in [0.5, 0.6) is 17.2 Å². The minimum atomic E-state index is -4.58. The number of hydrogen-bond acceptors (Lipinski definition) is 8. The van der Waals surface area contributed by atoms with Crippen molar-refractivity contribution >= 4 is 21.1 Å². The second-order valence-electron chi connectivity index (χ2n) is 6.06. The van der Waals surface area contributed by atoms with Gasteiger partial charge in [-0.3, -0.25) is 0 Å². The molecule has 0 saturated carbocycles. The van der Waals surface area contributed by atoms with Gasteiger partial charge in [-0.05, 0) is 37.3 Å².